The zero-order valence-corrected chi connectivity index (χ0v) is 15.9. The van der Waals surface area contributed by atoms with Crippen LogP contribution in [0.5, 0.6) is 0 Å². The third kappa shape index (κ3) is 4.06. The van der Waals surface area contributed by atoms with Crippen molar-refractivity contribution in [1.29, 1.82) is 0 Å². The summed E-state index contributed by atoms with van der Waals surface area (Å²) in [6.45, 7) is 4.87. The SMILES string of the molecule is Cc1ccc(S(=O)(=O)N2CCC(C(=O)NC3(C)CCCC3)CC2)cc1. The summed E-state index contributed by atoms with van der Waals surface area (Å²) in [6, 6.07) is 6.94. The number of carbonyl (C=O) groups excluding carboxylic acids is 1. The maximum atomic E-state index is 12.7. The predicted octanol–water partition coefficient (Wildman–Crippen LogP) is 2.84. The van der Waals surface area contributed by atoms with Crippen LogP contribution in [0.2, 0.25) is 0 Å². The first-order valence-electron chi connectivity index (χ1n) is 9.19. The first-order chi connectivity index (χ1) is 11.8. The number of amides is 1. The van der Waals surface area contributed by atoms with Gasteiger partial charge in [-0.15, -0.1) is 0 Å². The fraction of sp³-hybridized carbons (Fsp3) is 0.632. The lowest BCUT2D eigenvalue weighted by atomic mass is 9.94. The molecule has 0 aromatic heterocycles. The van der Waals surface area contributed by atoms with E-state index in [0.29, 0.717) is 30.8 Å². The van der Waals surface area contributed by atoms with Crippen LogP contribution in [0.1, 0.15) is 51.0 Å². The number of piperidine rings is 1. The summed E-state index contributed by atoms with van der Waals surface area (Å²) in [5, 5.41) is 3.21. The van der Waals surface area contributed by atoms with Gasteiger partial charge in [-0.2, -0.15) is 4.31 Å². The second-order valence-electron chi connectivity index (χ2n) is 7.75. The van der Waals surface area contributed by atoms with Gasteiger partial charge < -0.3 is 5.32 Å². The third-order valence-corrected chi connectivity index (χ3v) is 7.53. The average molecular weight is 365 g/mol. The number of hydrogen-bond donors (Lipinski definition) is 1. The number of rotatable bonds is 4. The van der Waals surface area contributed by atoms with Crippen LogP contribution < -0.4 is 5.32 Å². The first kappa shape index (κ1) is 18.4. The molecular weight excluding hydrogens is 336 g/mol. The number of sulfonamides is 1. The second-order valence-corrected chi connectivity index (χ2v) is 9.69. The van der Waals surface area contributed by atoms with Gasteiger partial charge in [-0.05, 0) is 51.7 Å². The lowest BCUT2D eigenvalue weighted by Gasteiger charge is -2.33. The van der Waals surface area contributed by atoms with E-state index < -0.39 is 10.0 Å². The average Bonchev–Trinajstić information content (AvgIpc) is 3.01. The molecule has 1 aliphatic heterocycles. The van der Waals surface area contributed by atoms with Crippen LogP contribution in [0.4, 0.5) is 0 Å². The zero-order valence-electron chi connectivity index (χ0n) is 15.1. The molecule has 1 heterocycles. The Morgan fingerprint density at radius 1 is 1.12 bits per heavy atom. The summed E-state index contributed by atoms with van der Waals surface area (Å²) >= 11 is 0. The van der Waals surface area contributed by atoms with Gasteiger partial charge in [0.1, 0.15) is 0 Å². The maximum absolute atomic E-state index is 12.7. The molecule has 1 aromatic rings. The van der Waals surface area contributed by atoms with Crippen molar-refractivity contribution in [2.75, 3.05) is 13.1 Å². The van der Waals surface area contributed by atoms with Gasteiger partial charge in [0.15, 0.2) is 0 Å². The van der Waals surface area contributed by atoms with Crippen LogP contribution in [0, 0.1) is 12.8 Å². The molecule has 0 radical (unpaired) electrons. The minimum absolute atomic E-state index is 0.0673. The van der Waals surface area contributed by atoms with Crippen LogP contribution in [0.3, 0.4) is 0 Å². The smallest absolute Gasteiger partial charge is 0.243 e. The van der Waals surface area contributed by atoms with Gasteiger partial charge in [0.2, 0.25) is 15.9 Å². The Morgan fingerprint density at radius 2 is 1.68 bits per heavy atom. The van der Waals surface area contributed by atoms with Crippen LogP contribution >= 0.6 is 0 Å². The zero-order chi connectivity index (χ0) is 18.1. The van der Waals surface area contributed by atoms with E-state index in [9.17, 15) is 13.2 Å². The highest BCUT2D eigenvalue weighted by molar-refractivity contribution is 7.89. The van der Waals surface area contributed by atoms with Crippen LogP contribution in [0.25, 0.3) is 0 Å². The molecular formula is C19H28N2O3S. The van der Waals surface area contributed by atoms with Crippen molar-refractivity contribution >= 4 is 15.9 Å². The quantitative estimate of drug-likeness (QED) is 0.893. The van der Waals surface area contributed by atoms with Gasteiger partial charge >= 0.3 is 0 Å². The molecule has 3 rings (SSSR count). The summed E-state index contributed by atoms with van der Waals surface area (Å²) in [4.78, 5) is 12.9. The summed E-state index contributed by atoms with van der Waals surface area (Å²) in [5.41, 5.74) is 0.970. The number of carbonyl (C=O) groups is 1. The number of benzene rings is 1. The molecule has 2 aliphatic rings. The Kier molecular flexibility index (Phi) is 5.21. The minimum Gasteiger partial charge on any atom is -0.351 e. The second kappa shape index (κ2) is 7.08. The highest BCUT2D eigenvalue weighted by atomic mass is 32.2. The molecule has 0 bridgehead atoms. The van der Waals surface area contributed by atoms with Crippen LogP contribution in [-0.4, -0.2) is 37.3 Å². The molecule has 5 nitrogen and oxygen atoms in total. The molecule has 25 heavy (non-hydrogen) atoms. The first-order valence-corrected chi connectivity index (χ1v) is 10.6. The van der Waals surface area contributed by atoms with Crippen molar-refractivity contribution in [2.24, 2.45) is 5.92 Å². The van der Waals surface area contributed by atoms with Crippen molar-refractivity contribution < 1.29 is 13.2 Å². The van der Waals surface area contributed by atoms with Gasteiger partial charge in [0.25, 0.3) is 0 Å². The summed E-state index contributed by atoms with van der Waals surface area (Å²) in [5.74, 6) is 0.0127. The molecule has 2 fully saturated rings. The summed E-state index contributed by atoms with van der Waals surface area (Å²) < 4.78 is 27.0. The molecule has 0 unspecified atom stereocenters. The third-order valence-electron chi connectivity index (χ3n) is 5.62. The van der Waals surface area contributed by atoms with E-state index in [2.05, 4.69) is 12.2 Å². The molecule has 1 N–H and O–H groups in total. The van der Waals surface area contributed by atoms with E-state index >= 15 is 0 Å². The van der Waals surface area contributed by atoms with E-state index in [0.717, 1.165) is 18.4 Å². The lowest BCUT2D eigenvalue weighted by Crippen LogP contribution is -2.49. The predicted molar refractivity (Wildman–Crippen MR) is 97.7 cm³/mol. The molecule has 0 atom stereocenters. The number of nitrogens with one attached hydrogen (secondary N) is 1. The lowest BCUT2D eigenvalue weighted by molar-refractivity contribution is -0.127. The van der Waals surface area contributed by atoms with E-state index in [1.54, 1.807) is 12.1 Å². The number of nitrogens with zero attached hydrogens (tertiary/aromatic N) is 1. The van der Waals surface area contributed by atoms with Gasteiger partial charge in [-0.25, -0.2) is 8.42 Å². The Balaban J connectivity index is 1.59. The Morgan fingerprint density at radius 3 is 2.24 bits per heavy atom. The van der Waals surface area contributed by atoms with Crippen LogP contribution in [0.15, 0.2) is 29.2 Å². The van der Waals surface area contributed by atoms with Gasteiger partial charge in [-0.1, -0.05) is 30.5 Å². The van der Waals surface area contributed by atoms with E-state index in [-0.39, 0.29) is 17.4 Å². The Hall–Kier alpha value is -1.40. The normalized spacial score (nSPS) is 22.0. The fourth-order valence-electron chi connectivity index (χ4n) is 3.90. The van der Waals surface area contributed by atoms with Gasteiger partial charge in [0, 0.05) is 24.5 Å². The molecule has 1 saturated heterocycles. The van der Waals surface area contributed by atoms with E-state index in [4.69, 9.17) is 0 Å². The fourth-order valence-corrected chi connectivity index (χ4v) is 5.37. The van der Waals surface area contributed by atoms with Crippen molar-refractivity contribution in [3.05, 3.63) is 29.8 Å². The molecule has 1 saturated carbocycles. The van der Waals surface area contributed by atoms with Crippen molar-refractivity contribution in [3.63, 3.8) is 0 Å². The van der Waals surface area contributed by atoms with E-state index in [1.807, 2.05) is 19.1 Å². The van der Waals surface area contributed by atoms with Crippen LogP contribution in [-0.2, 0) is 14.8 Å². The molecule has 1 aliphatic carbocycles. The van der Waals surface area contributed by atoms with Gasteiger partial charge in [-0.3, -0.25) is 4.79 Å². The number of aryl methyl sites for hydroxylation is 1. The molecule has 6 heteroatoms. The van der Waals surface area contributed by atoms with Crippen molar-refractivity contribution in [3.8, 4) is 0 Å². The van der Waals surface area contributed by atoms with Crippen molar-refractivity contribution in [2.45, 2.75) is 62.8 Å². The Labute approximate surface area is 150 Å². The molecule has 138 valence electrons. The molecule has 1 aromatic carbocycles. The van der Waals surface area contributed by atoms with Gasteiger partial charge in [0.05, 0.1) is 4.90 Å². The largest absolute Gasteiger partial charge is 0.351 e. The maximum Gasteiger partial charge on any atom is 0.243 e. The summed E-state index contributed by atoms with van der Waals surface area (Å²) in [6.07, 6.45) is 5.60. The highest BCUT2D eigenvalue weighted by Crippen LogP contribution is 2.30. The molecule has 1 amide bonds. The molecule has 0 spiro atoms. The number of hydrogen-bond acceptors (Lipinski definition) is 3. The highest BCUT2D eigenvalue weighted by Gasteiger charge is 2.36. The van der Waals surface area contributed by atoms with Crippen molar-refractivity contribution in [1.82, 2.24) is 9.62 Å². The van der Waals surface area contributed by atoms with E-state index in [1.165, 1.54) is 17.1 Å². The standard InChI is InChI=1S/C19H28N2O3S/c1-15-5-7-17(8-6-15)25(23,24)21-13-9-16(10-14-21)18(22)20-19(2)11-3-4-12-19/h5-8,16H,3-4,9-14H2,1-2H3,(H,20,22). The Bertz CT molecular complexity index is 714. The minimum atomic E-state index is -3.46. The summed E-state index contributed by atoms with van der Waals surface area (Å²) in [7, 11) is -3.46. The monoisotopic (exact) mass is 364 g/mol. The topological polar surface area (TPSA) is 66.5 Å².